The molecule has 0 amide bonds. The van der Waals surface area contributed by atoms with Gasteiger partial charge in [-0.1, -0.05) is 118 Å². The summed E-state index contributed by atoms with van der Waals surface area (Å²) < 4.78 is 11.5. The van der Waals surface area contributed by atoms with Crippen molar-refractivity contribution in [3.63, 3.8) is 0 Å². The van der Waals surface area contributed by atoms with E-state index in [0.29, 0.717) is 6.61 Å². The first kappa shape index (κ1) is 27.6. The molecule has 0 saturated carbocycles. The Bertz CT molecular complexity index is 914. The lowest BCUT2D eigenvalue weighted by molar-refractivity contribution is -0.134. The van der Waals surface area contributed by atoms with Crippen LogP contribution < -0.4 is 10.4 Å². The average Bonchev–Trinajstić information content (AvgIpc) is 2.85. The molecule has 0 atom stereocenters. The van der Waals surface area contributed by atoms with Crippen LogP contribution in [0.2, 0.25) is 5.04 Å². The molecule has 0 saturated heterocycles. The molecular formula is C30H40O3Si. The molecule has 0 radical (unpaired) electrons. The van der Waals surface area contributed by atoms with Crippen LogP contribution in [-0.2, 0) is 14.0 Å². The van der Waals surface area contributed by atoms with E-state index in [-0.39, 0.29) is 11.0 Å². The summed E-state index contributed by atoms with van der Waals surface area (Å²) in [4.78, 5) is 11.1. The van der Waals surface area contributed by atoms with Crippen molar-refractivity contribution in [1.82, 2.24) is 0 Å². The zero-order valence-electron chi connectivity index (χ0n) is 21.4. The number of hydrogen-bond donors (Lipinski definition) is 0. The number of allylic oxidation sites excluding steroid dienone is 4. The SMILES string of the molecule is CCC(/C=C/CO[Si](c1ccccc1)(c1ccccc1)C(C)(C)C)=C\CCC/C=C/C(=O)OC. The van der Waals surface area contributed by atoms with E-state index in [0.717, 1.165) is 25.7 Å². The van der Waals surface area contributed by atoms with Gasteiger partial charge >= 0.3 is 5.97 Å². The van der Waals surface area contributed by atoms with Gasteiger partial charge in [-0.15, -0.1) is 0 Å². The predicted octanol–water partition coefficient (Wildman–Crippen LogP) is 6.36. The van der Waals surface area contributed by atoms with E-state index < -0.39 is 8.32 Å². The highest BCUT2D eigenvalue weighted by Crippen LogP contribution is 2.36. The maximum atomic E-state index is 11.1. The summed E-state index contributed by atoms with van der Waals surface area (Å²) in [5.74, 6) is -0.298. The van der Waals surface area contributed by atoms with Crippen LogP contribution in [0.4, 0.5) is 0 Å². The Morgan fingerprint density at radius 2 is 1.47 bits per heavy atom. The number of unbranched alkanes of at least 4 members (excludes halogenated alkanes) is 2. The van der Waals surface area contributed by atoms with Crippen molar-refractivity contribution in [2.24, 2.45) is 0 Å². The Balaban J connectivity index is 2.13. The lowest BCUT2D eigenvalue weighted by Gasteiger charge is -2.42. The Kier molecular flexibility index (Phi) is 11.2. The molecule has 34 heavy (non-hydrogen) atoms. The van der Waals surface area contributed by atoms with Gasteiger partial charge in [0.25, 0.3) is 8.32 Å². The summed E-state index contributed by atoms with van der Waals surface area (Å²) in [6.07, 6.45) is 13.8. The first-order valence-corrected chi connectivity index (χ1v) is 14.1. The monoisotopic (exact) mass is 476 g/mol. The molecule has 0 N–H and O–H groups in total. The highest BCUT2D eigenvalue weighted by molar-refractivity contribution is 6.99. The Morgan fingerprint density at radius 1 is 0.882 bits per heavy atom. The standard InChI is InChI=1S/C30H40O3Si/c1-6-26(18-11-7-8-16-24-29(31)32-5)19-17-25-33-34(30(2,3)4,27-20-12-9-13-21-27)28-22-14-10-15-23-28/h9-10,12-24H,6-8,11,25H2,1-5H3/b19-17+,24-16+,26-18+. The van der Waals surface area contributed by atoms with E-state index in [2.05, 4.69) is 111 Å². The average molecular weight is 477 g/mol. The van der Waals surface area contributed by atoms with Gasteiger partial charge in [0.05, 0.1) is 13.7 Å². The van der Waals surface area contributed by atoms with Crippen molar-refractivity contribution in [2.45, 2.75) is 58.4 Å². The first-order chi connectivity index (χ1) is 16.3. The van der Waals surface area contributed by atoms with Crippen molar-refractivity contribution < 1.29 is 14.0 Å². The topological polar surface area (TPSA) is 35.5 Å². The van der Waals surface area contributed by atoms with E-state index >= 15 is 0 Å². The molecule has 182 valence electrons. The molecule has 4 heteroatoms. The molecule has 0 bridgehead atoms. The van der Waals surface area contributed by atoms with Crippen molar-refractivity contribution in [3.8, 4) is 0 Å². The molecule has 0 aliphatic heterocycles. The minimum Gasteiger partial charge on any atom is -0.466 e. The molecule has 2 aromatic carbocycles. The van der Waals surface area contributed by atoms with E-state index in [1.807, 2.05) is 6.08 Å². The third kappa shape index (κ3) is 7.68. The van der Waals surface area contributed by atoms with Gasteiger partial charge in [0.15, 0.2) is 0 Å². The third-order valence-electron chi connectivity index (χ3n) is 5.99. The van der Waals surface area contributed by atoms with Gasteiger partial charge in [-0.2, -0.15) is 0 Å². The maximum absolute atomic E-state index is 11.1. The number of hydrogen-bond acceptors (Lipinski definition) is 3. The van der Waals surface area contributed by atoms with Gasteiger partial charge in [0.1, 0.15) is 0 Å². The second-order valence-corrected chi connectivity index (χ2v) is 13.7. The van der Waals surface area contributed by atoms with Crippen molar-refractivity contribution in [1.29, 1.82) is 0 Å². The van der Waals surface area contributed by atoms with Crippen LogP contribution in [0.15, 0.2) is 96.6 Å². The summed E-state index contributed by atoms with van der Waals surface area (Å²) >= 11 is 0. The van der Waals surface area contributed by atoms with Crippen LogP contribution >= 0.6 is 0 Å². The zero-order chi connectivity index (χ0) is 24.9. The fourth-order valence-corrected chi connectivity index (χ4v) is 8.74. The number of carbonyl (C=O) groups excluding carboxylic acids is 1. The molecule has 0 fully saturated rings. The number of esters is 1. The molecule has 0 unspecified atom stereocenters. The smallest absolute Gasteiger partial charge is 0.330 e. The minimum atomic E-state index is -2.50. The highest BCUT2D eigenvalue weighted by Gasteiger charge is 2.49. The van der Waals surface area contributed by atoms with Crippen molar-refractivity contribution in [3.05, 3.63) is 96.6 Å². The summed E-state index contributed by atoms with van der Waals surface area (Å²) in [5, 5.41) is 2.58. The molecule has 0 aromatic heterocycles. The Morgan fingerprint density at radius 3 is 1.97 bits per heavy atom. The lowest BCUT2D eigenvalue weighted by atomic mass is 10.1. The van der Waals surface area contributed by atoms with E-state index in [1.165, 1.54) is 29.1 Å². The second-order valence-electron chi connectivity index (χ2n) is 9.37. The Hall–Kier alpha value is -2.69. The second kappa shape index (κ2) is 13.9. The van der Waals surface area contributed by atoms with Crippen molar-refractivity contribution in [2.75, 3.05) is 13.7 Å². The van der Waals surface area contributed by atoms with E-state index in [9.17, 15) is 4.79 Å². The fraction of sp³-hybridized carbons (Fsp3) is 0.367. The van der Waals surface area contributed by atoms with E-state index in [4.69, 9.17) is 4.43 Å². The third-order valence-corrected chi connectivity index (χ3v) is 11.0. The zero-order valence-corrected chi connectivity index (χ0v) is 22.4. The summed E-state index contributed by atoms with van der Waals surface area (Å²) in [7, 11) is -1.10. The quantitative estimate of drug-likeness (QED) is 0.118. The van der Waals surface area contributed by atoms with Crippen LogP contribution in [0.5, 0.6) is 0 Å². The number of methoxy groups -OCH3 is 1. The Labute approximate surface area is 207 Å². The fourth-order valence-electron chi connectivity index (χ4n) is 4.24. The molecule has 3 nitrogen and oxygen atoms in total. The number of benzene rings is 2. The van der Waals surface area contributed by atoms with Gasteiger partial charge in [0.2, 0.25) is 0 Å². The van der Waals surface area contributed by atoms with Crippen molar-refractivity contribution >= 4 is 24.7 Å². The summed E-state index contributed by atoms with van der Waals surface area (Å²) in [6.45, 7) is 9.65. The van der Waals surface area contributed by atoms with Crippen LogP contribution in [-0.4, -0.2) is 28.0 Å². The van der Waals surface area contributed by atoms with Gasteiger partial charge < -0.3 is 9.16 Å². The normalized spacial score (nSPS) is 13.0. The molecular weight excluding hydrogens is 436 g/mol. The maximum Gasteiger partial charge on any atom is 0.330 e. The molecule has 2 rings (SSSR count). The van der Waals surface area contributed by atoms with Gasteiger partial charge in [0, 0.05) is 6.08 Å². The largest absolute Gasteiger partial charge is 0.466 e. The summed E-state index contributed by atoms with van der Waals surface area (Å²) in [5.41, 5.74) is 1.31. The minimum absolute atomic E-state index is 0.0231. The molecule has 0 aliphatic rings. The molecule has 0 aliphatic carbocycles. The number of carbonyl (C=O) groups is 1. The van der Waals surface area contributed by atoms with Crippen LogP contribution in [0.1, 0.15) is 53.4 Å². The van der Waals surface area contributed by atoms with Gasteiger partial charge in [-0.3, -0.25) is 0 Å². The number of rotatable bonds is 12. The first-order valence-electron chi connectivity index (χ1n) is 12.2. The van der Waals surface area contributed by atoms with Crippen LogP contribution in [0, 0.1) is 0 Å². The molecule has 2 aromatic rings. The number of ether oxygens (including phenoxy) is 1. The van der Waals surface area contributed by atoms with Crippen LogP contribution in [0.25, 0.3) is 0 Å². The molecule has 0 spiro atoms. The lowest BCUT2D eigenvalue weighted by Crippen LogP contribution is -2.66. The van der Waals surface area contributed by atoms with Gasteiger partial charge in [-0.25, -0.2) is 4.79 Å². The predicted molar refractivity (Wildman–Crippen MR) is 146 cm³/mol. The molecule has 0 heterocycles. The van der Waals surface area contributed by atoms with Gasteiger partial charge in [-0.05, 0) is 41.1 Å². The highest BCUT2D eigenvalue weighted by atomic mass is 28.4. The van der Waals surface area contributed by atoms with E-state index in [1.54, 1.807) is 0 Å². The van der Waals surface area contributed by atoms with Crippen LogP contribution in [0.3, 0.4) is 0 Å². The summed E-state index contributed by atoms with van der Waals surface area (Å²) in [6, 6.07) is 21.5.